The van der Waals surface area contributed by atoms with Crippen molar-refractivity contribution in [3.63, 3.8) is 0 Å². The van der Waals surface area contributed by atoms with Gasteiger partial charge in [0.15, 0.2) is 0 Å². The minimum atomic E-state index is -2.61. The molecule has 0 aromatic rings. The molecule has 112 valence electrons. The summed E-state index contributed by atoms with van der Waals surface area (Å²) in [6, 6.07) is 0. The number of carbonyl (C=O) groups is 1. The van der Waals surface area contributed by atoms with Crippen molar-refractivity contribution in [1.29, 1.82) is 0 Å². The number of rotatable bonds is 5. The lowest BCUT2D eigenvalue weighted by molar-refractivity contribution is -0.130. The standard InChI is InChI=1S/C14H25F2NO2/c1-10(2)8-13(3,19)9-17-12(18)11-4-6-14(15,16)7-5-11/h10-11,19H,4-9H2,1-3H3,(H,17,18). The Kier molecular flexibility index (Phi) is 5.30. The lowest BCUT2D eigenvalue weighted by Crippen LogP contribution is -2.44. The van der Waals surface area contributed by atoms with Crippen LogP contribution in [0.5, 0.6) is 0 Å². The van der Waals surface area contributed by atoms with E-state index in [1.807, 2.05) is 13.8 Å². The Morgan fingerprint density at radius 2 is 1.95 bits per heavy atom. The first-order valence-corrected chi connectivity index (χ1v) is 6.99. The number of nitrogens with one attached hydrogen (secondary N) is 1. The van der Waals surface area contributed by atoms with Gasteiger partial charge in [-0.25, -0.2) is 8.78 Å². The maximum absolute atomic E-state index is 13.0. The summed E-state index contributed by atoms with van der Waals surface area (Å²) in [7, 11) is 0. The van der Waals surface area contributed by atoms with Gasteiger partial charge in [0, 0.05) is 25.3 Å². The van der Waals surface area contributed by atoms with Gasteiger partial charge in [0.2, 0.25) is 11.8 Å². The summed E-state index contributed by atoms with van der Waals surface area (Å²) in [5.41, 5.74) is -0.942. The van der Waals surface area contributed by atoms with E-state index < -0.39 is 11.5 Å². The molecular formula is C14H25F2NO2. The normalized spacial score (nSPS) is 23.1. The minimum Gasteiger partial charge on any atom is -0.388 e. The Morgan fingerprint density at radius 1 is 1.42 bits per heavy atom. The molecule has 19 heavy (non-hydrogen) atoms. The Balaban J connectivity index is 2.36. The zero-order valence-electron chi connectivity index (χ0n) is 12.0. The number of halogens is 2. The Labute approximate surface area is 113 Å². The van der Waals surface area contributed by atoms with Crippen LogP contribution in [0.15, 0.2) is 0 Å². The number of hydrogen-bond donors (Lipinski definition) is 2. The Hall–Kier alpha value is -0.710. The van der Waals surface area contributed by atoms with E-state index in [0.29, 0.717) is 12.3 Å². The van der Waals surface area contributed by atoms with Gasteiger partial charge in [-0.1, -0.05) is 13.8 Å². The van der Waals surface area contributed by atoms with E-state index in [1.54, 1.807) is 6.92 Å². The quantitative estimate of drug-likeness (QED) is 0.811. The van der Waals surface area contributed by atoms with Crippen molar-refractivity contribution in [3.05, 3.63) is 0 Å². The molecule has 0 bridgehead atoms. The van der Waals surface area contributed by atoms with E-state index >= 15 is 0 Å². The maximum Gasteiger partial charge on any atom is 0.248 e. The molecule has 1 amide bonds. The van der Waals surface area contributed by atoms with Crippen molar-refractivity contribution in [2.24, 2.45) is 11.8 Å². The first-order valence-electron chi connectivity index (χ1n) is 6.99. The topological polar surface area (TPSA) is 49.3 Å². The third-order valence-corrected chi connectivity index (χ3v) is 3.58. The second kappa shape index (κ2) is 6.16. The molecule has 2 N–H and O–H groups in total. The van der Waals surface area contributed by atoms with Crippen molar-refractivity contribution in [3.8, 4) is 0 Å². The molecular weight excluding hydrogens is 252 g/mol. The van der Waals surface area contributed by atoms with Gasteiger partial charge in [-0.3, -0.25) is 4.79 Å². The zero-order valence-corrected chi connectivity index (χ0v) is 12.0. The van der Waals surface area contributed by atoms with Crippen LogP contribution >= 0.6 is 0 Å². The van der Waals surface area contributed by atoms with Crippen LogP contribution in [0, 0.1) is 11.8 Å². The van der Waals surface area contributed by atoms with Crippen LogP contribution in [-0.2, 0) is 4.79 Å². The molecule has 3 nitrogen and oxygen atoms in total. The van der Waals surface area contributed by atoms with Crippen molar-refractivity contribution < 1.29 is 18.7 Å². The monoisotopic (exact) mass is 277 g/mol. The highest BCUT2D eigenvalue weighted by atomic mass is 19.3. The summed E-state index contributed by atoms with van der Waals surface area (Å²) in [5, 5.41) is 12.8. The van der Waals surface area contributed by atoms with Gasteiger partial charge in [-0.05, 0) is 32.1 Å². The highest BCUT2D eigenvalue weighted by Gasteiger charge is 2.37. The zero-order chi connectivity index (χ0) is 14.7. The SMILES string of the molecule is CC(C)CC(C)(O)CNC(=O)C1CCC(F)(F)CC1. The molecule has 0 radical (unpaired) electrons. The molecule has 1 rings (SSSR count). The van der Waals surface area contributed by atoms with Crippen LogP contribution in [0.4, 0.5) is 8.78 Å². The van der Waals surface area contributed by atoms with E-state index in [2.05, 4.69) is 5.32 Å². The van der Waals surface area contributed by atoms with E-state index in [0.717, 1.165) is 0 Å². The molecule has 1 unspecified atom stereocenters. The second-order valence-corrected chi connectivity index (χ2v) is 6.44. The Bertz CT molecular complexity index is 307. The van der Waals surface area contributed by atoms with Gasteiger partial charge < -0.3 is 10.4 Å². The third kappa shape index (κ3) is 5.85. The fourth-order valence-electron chi connectivity index (χ4n) is 2.68. The van der Waals surface area contributed by atoms with E-state index in [1.165, 1.54) is 0 Å². The van der Waals surface area contributed by atoms with Crippen LogP contribution in [0.2, 0.25) is 0 Å². The minimum absolute atomic E-state index is 0.177. The Morgan fingerprint density at radius 3 is 2.42 bits per heavy atom. The molecule has 1 aliphatic rings. The average Bonchev–Trinajstić information content (AvgIpc) is 2.24. The van der Waals surface area contributed by atoms with E-state index in [-0.39, 0.29) is 44.1 Å². The predicted octanol–water partition coefficient (Wildman–Crippen LogP) is 2.73. The maximum atomic E-state index is 13.0. The number of alkyl halides is 2. The number of amides is 1. The molecule has 0 heterocycles. The summed E-state index contributed by atoms with van der Waals surface area (Å²) in [5.74, 6) is -2.82. The average molecular weight is 277 g/mol. The number of aliphatic hydroxyl groups is 1. The van der Waals surface area contributed by atoms with Crippen molar-refractivity contribution in [1.82, 2.24) is 5.32 Å². The highest BCUT2D eigenvalue weighted by Crippen LogP contribution is 2.36. The van der Waals surface area contributed by atoms with Gasteiger partial charge in [-0.2, -0.15) is 0 Å². The molecule has 0 saturated heterocycles. The van der Waals surface area contributed by atoms with Gasteiger partial charge >= 0.3 is 0 Å². The van der Waals surface area contributed by atoms with Crippen LogP contribution < -0.4 is 5.32 Å². The molecule has 1 saturated carbocycles. The van der Waals surface area contributed by atoms with E-state index in [9.17, 15) is 18.7 Å². The smallest absolute Gasteiger partial charge is 0.248 e. The molecule has 5 heteroatoms. The lowest BCUT2D eigenvalue weighted by atomic mass is 9.86. The first-order chi connectivity index (χ1) is 8.61. The summed E-state index contributed by atoms with van der Waals surface area (Å²) in [4.78, 5) is 11.9. The second-order valence-electron chi connectivity index (χ2n) is 6.44. The van der Waals surface area contributed by atoms with E-state index in [4.69, 9.17) is 0 Å². The summed E-state index contributed by atoms with van der Waals surface area (Å²) >= 11 is 0. The fraction of sp³-hybridized carbons (Fsp3) is 0.929. The van der Waals surface area contributed by atoms with Crippen molar-refractivity contribution >= 4 is 5.91 Å². The molecule has 0 spiro atoms. The third-order valence-electron chi connectivity index (χ3n) is 3.58. The first kappa shape index (κ1) is 16.3. The van der Waals surface area contributed by atoms with Crippen molar-refractivity contribution in [2.75, 3.05) is 6.54 Å². The molecule has 1 fully saturated rings. The molecule has 1 aliphatic carbocycles. The molecule has 0 aliphatic heterocycles. The van der Waals surface area contributed by atoms with Crippen LogP contribution in [0.25, 0.3) is 0 Å². The van der Waals surface area contributed by atoms with Crippen LogP contribution in [0.1, 0.15) is 52.9 Å². The van der Waals surface area contributed by atoms with Gasteiger partial charge in [0.25, 0.3) is 0 Å². The molecule has 0 aromatic heterocycles. The predicted molar refractivity (Wildman–Crippen MR) is 70.0 cm³/mol. The summed E-state index contributed by atoms with van der Waals surface area (Å²) in [6.45, 7) is 5.86. The number of hydrogen-bond acceptors (Lipinski definition) is 2. The van der Waals surface area contributed by atoms with Gasteiger partial charge in [-0.15, -0.1) is 0 Å². The van der Waals surface area contributed by atoms with Crippen LogP contribution in [-0.4, -0.2) is 29.1 Å². The van der Waals surface area contributed by atoms with Crippen LogP contribution in [0.3, 0.4) is 0 Å². The summed E-state index contributed by atoms with van der Waals surface area (Å²) < 4.78 is 26.0. The van der Waals surface area contributed by atoms with Gasteiger partial charge in [0.1, 0.15) is 0 Å². The largest absolute Gasteiger partial charge is 0.388 e. The fourth-order valence-corrected chi connectivity index (χ4v) is 2.68. The lowest BCUT2D eigenvalue weighted by Gasteiger charge is -2.30. The number of carbonyl (C=O) groups excluding carboxylic acids is 1. The molecule has 1 atom stereocenters. The summed E-state index contributed by atoms with van der Waals surface area (Å²) in [6.07, 6.45) is 0.618. The van der Waals surface area contributed by atoms with Gasteiger partial charge in [0.05, 0.1) is 5.60 Å². The molecule has 0 aromatic carbocycles. The highest BCUT2D eigenvalue weighted by molar-refractivity contribution is 5.78. The van der Waals surface area contributed by atoms with Crippen molar-refractivity contribution in [2.45, 2.75) is 64.4 Å².